The number of benzene rings is 1. The van der Waals surface area contributed by atoms with E-state index in [0.717, 1.165) is 24.1 Å². The molecule has 1 aliphatic carbocycles. The fourth-order valence-corrected chi connectivity index (χ4v) is 3.41. The van der Waals surface area contributed by atoms with Crippen LogP contribution in [-0.2, 0) is 29.7 Å². The number of hydrogen-bond acceptors (Lipinski definition) is 2. The number of hydrogen-bond donors (Lipinski definition) is 0. The lowest BCUT2D eigenvalue weighted by Gasteiger charge is -2.28. The number of aromatic nitrogens is 1. The third-order valence-electron chi connectivity index (χ3n) is 5.17. The van der Waals surface area contributed by atoms with E-state index in [-0.39, 0.29) is 24.4 Å². The second-order valence-corrected chi connectivity index (χ2v) is 8.20. The minimum atomic E-state index is 0.00839. The fraction of sp³-hybridized carbons (Fsp3) is 0.478. The average molecular weight is 382 g/mol. The highest BCUT2D eigenvalue weighted by Gasteiger charge is 2.34. The molecule has 1 aliphatic rings. The van der Waals surface area contributed by atoms with Crippen molar-refractivity contribution in [2.45, 2.75) is 52.2 Å². The lowest BCUT2D eigenvalue weighted by molar-refractivity contribution is -0.142. The predicted molar refractivity (Wildman–Crippen MR) is 110 cm³/mol. The molecule has 1 aromatic heterocycles. The van der Waals surface area contributed by atoms with Crippen LogP contribution in [0.3, 0.4) is 0 Å². The van der Waals surface area contributed by atoms with Crippen LogP contribution in [0.5, 0.6) is 0 Å². The maximum absolute atomic E-state index is 13.2. The maximum atomic E-state index is 13.2. The number of aryl methyl sites for hydroxylation is 1. The summed E-state index contributed by atoms with van der Waals surface area (Å²) in [6.07, 6.45) is 4.50. The summed E-state index contributed by atoms with van der Waals surface area (Å²) < 4.78 is 2.04. The fourth-order valence-electron chi connectivity index (χ4n) is 3.41. The molecule has 0 radical (unpaired) electrons. The molecule has 150 valence electrons. The van der Waals surface area contributed by atoms with Gasteiger partial charge in [0.1, 0.15) is 6.54 Å². The molecule has 1 fully saturated rings. The van der Waals surface area contributed by atoms with Gasteiger partial charge in [-0.1, -0.05) is 44.2 Å². The number of nitrogens with zero attached hydrogens (tertiary/aromatic N) is 3. The van der Waals surface area contributed by atoms with Gasteiger partial charge in [-0.15, -0.1) is 0 Å². The molecule has 0 N–H and O–H groups in total. The minimum absolute atomic E-state index is 0.00839. The molecule has 0 saturated heterocycles. The maximum Gasteiger partial charge on any atom is 0.242 e. The summed E-state index contributed by atoms with van der Waals surface area (Å²) >= 11 is 0. The van der Waals surface area contributed by atoms with Crippen molar-refractivity contribution in [3.05, 3.63) is 59.9 Å². The first-order chi connectivity index (χ1) is 13.4. The van der Waals surface area contributed by atoms with Gasteiger partial charge in [0, 0.05) is 37.9 Å². The molecule has 0 spiro atoms. The highest BCUT2D eigenvalue weighted by molar-refractivity contribution is 5.85. The third-order valence-corrected chi connectivity index (χ3v) is 5.17. The van der Waals surface area contributed by atoms with E-state index in [2.05, 4.69) is 0 Å². The molecule has 1 aromatic carbocycles. The number of amides is 2. The lowest BCUT2D eigenvalue weighted by Crippen LogP contribution is -2.44. The Labute approximate surface area is 167 Å². The largest absolute Gasteiger partial charge is 0.353 e. The molecule has 3 rings (SSSR count). The van der Waals surface area contributed by atoms with Crippen LogP contribution in [-0.4, -0.2) is 38.8 Å². The van der Waals surface area contributed by atoms with Crippen molar-refractivity contribution < 1.29 is 9.59 Å². The molecule has 1 heterocycles. The SMILES string of the molecule is CC(C)CC(=O)N(CC(=O)N(Cc1ccccc1)Cc1cccn1C)C1CC1. The van der Waals surface area contributed by atoms with E-state index < -0.39 is 0 Å². The van der Waals surface area contributed by atoms with E-state index in [0.29, 0.717) is 25.4 Å². The summed E-state index contributed by atoms with van der Waals surface area (Å²) in [5, 5.41) is 0. The Balaban J connectivity index is 1.74. The summed E-state index contributed by atoms with van der Waals surface area (Å²) in [5.41, 5.74) is 2.17. The predicted octanol–water partition coefficient (Wildman–Crippen LogP) is 3.59. The van der Waals surface area contributed by atoms with E-state index in [9.17, 15) is 9.59 Å². The van der Waals surface area contributed by atoms with E-state index in [1.54, 1.807) is 0 Å². The summed E-state index contributed by atoms with van der Waals surface area (Å²) in [4.78, 5) is 29.6. The lowest BCUT2D eigenvalue weighted by atomic mass is 10.1. The van der Waals surface area contributed by atoms with E-state index in [4.69, 9.17) is 0 Å². The van der Waals surface area contributed by atoms with Gasteiger partial charge in [-0.2, -0.15) is 0 Å². The monoisotopic (exact) mass is 381 g/mol. The van der Waals surface area contributed by atoms with Crippen molar-refractivity contribution in [2.24, 2.45) is 13.0 Å². The molecule has 0 aliphatic heterocycles. The van der Waals surface area contributed by atoms with Gasteiger partial charge in [0.15, 0.2) is 0 Å². The zero-order valence-corrected chi connectivity index (χ0v) is 17.2. The molecule has 0 atom stereocenters. The Bertz CT molecular complexity index is 793. The molecule has 0 unspecified atom stereocenters. The van der Waals surface area contributed by atoms with Gasteiger partial charge < -0.3 is 14.4 Å². The molecular weight excluding hydrogens is 350 g/mol. The third kappa shape index (κ3) is 5.47. The van der Waals surface area contributed by atoms with Gasteiger partial charge in [-0.25, -0.2) is 0 Å². The van der Waals surface area contributed by atoms with Gasteiger partial charge in [0.2, 0.25) is 11.8 Å². The van der Waals surface area contributed by atoms with Crippen molar-refractivity contribution in [3.63, 3.8) is 0 Å². The number of carbonyl (C=O) groups excluding carboxylic acids is 2. The van der Waals surface area contributed by atoms with Crippen LogP contribution >= 0.6 is 0 Å². The molecule has 0 bridgehead atoms. The molecule has 2 amide bonds. The summed E-state index contributed by atoms with van der Waals surface area (Å²) in [6, 6.07) is 14.3. The normalized spacial score (nSPS) is 13.6. The Morgan fingerprint density at radius 2 is 1.75 bits per heavy atom. The van der Waals surface area contributed by atoms with Crippen molar-refractivity contribution in [3.8, 4) is 0 Å². The zero-order chi connectivity index (χ0) is 20.1. The van der Waals surface area contributed by atoms with Gasteiger partial charge in [0.25, 0.3) is 0 Å². The first-order valence-corrected chi connectivity index (χ1v) is 10.2. The van der Waals surface area contributed by atoms with Crippen molar-refractivity contribution in [2.75, 3.05) is 6.54 Å². The minimum Gasteiger partial charge on any atom is -0.353 e. The van der Waals surface area contributed by atoms with Crippen molar-refractivity contribution >= 4 is 11.8 Å². The van der Waals surface area contributed by atoms with E-state index in [1.165, 1.54) is 0 Å². The van der Waals surface area contributed by atoms with Gasteiger partial charge in [0.05, 0.1) is 6.54 Å². The first kappa shape index (κ1) is 20.2. The van der Waals surface area contributed by atoms with Gasteiger partial charge in [-0.3, -0.25) is 9.59 Å². The topological polar surface area (TPSA) is 45.6 Å². The van der Waals surface area contributed by atoms with Crippen molar-refractivity contribution in [1.82, 2.24) is 14.4 Å². The second-order valence-electron chi connectivity index (χ2n) is 8.20. The van der Waals surface area contributed by atoms with Crippen LogP contribution in [0.4, 0.5) is 0 Å². The van der Waals surface area contributed by atoms with Crippen LogP contribution in [0.25, 0.3) is 0 Å². The quantitative estimate of drug-likeness (QED) is 0.666. The average Bonchev–Trinajstić information content (AvgIpc) is 3.42. The summed E-state index contributed by atoms with van der Waals surface area (Å²) in [5.74, 6) is 0.408. The molecule has 5 nitrogen and oxygen atoms in total. The molecular formula is C23H31N3O2. The smallest absolute Gasteiger partial charge is 0.242 e. The van der Waals surface area contributed by atoms with Crippen LogP contribution in [0.1, 0.15) is 44.4 Å². The van der Waals surface area contributed by atoms with Gasteiger partial charge in [-0.05, 0) is 36.5 Å². The van der Waals surface area contributed by atoms with Crippen LogP contribution in [0, 0.1) is 5.92 Å². The standard InChI is InChI=1S/C23H31N3O2/c1-18(2)14-22(27)26(20-11-12-20)17-23(28)25(15-19-8-5-4-6-9-19)16-21-10-7-13-24(21)3/h4-10,13,18,20H,11-12,14-17H2,1-3H3. The van der Waals surface area contributed by atoms with Crippen LogP contribution in [0.15, 0.2) is 48.7 Å². The molecule has 2 aromatic rings. The zero-order valence-electron chi connectivity index (χ0n) is 17.2. The van der Waals surface area contributed by atoms with E-state index >= 15 is 0 Å². The molecule has 28 heavy (non-hydrogen) atoms. The Morgan fingerprint density at radius 1 is 1.04 bits per heavy atom. The van der Waals surface area contributed by atoms with Crippen LogP contribution in [0.2, 0.25) is 0 Å². The molecule has 1 saturated carbocycles. The second kappa shape index (κ2) is 9.09. The Hall–Kier alpha value is -2.56. The number of carbonyl (C=O) groups is 2. The Kier molecular flexibility index (Phi) is 6.55. The number of rotatable bonds is 9. The molecule has 5 heteroatoms. The Morgan fingerprint density at radius 3 is 2.32 bits per heavy atom. The highest BCUT2D eigenvalue weighted by Crippen LogP contribution is 2.28. The first-order valence-electron chi connectivity index (χ1n) is 10.2. The van der Waals surface area contributed by atoms with Crippen LogP contribution < -0.4 is 0 Å². The van der Waals surface area contributed by atoms with Gasteiger partial charge >= 0.3 is 0 Å². The highest BCUT2D eigenvalue weighted by atomic mass is 16.2. The summed E-state index contributed by atoms with van der Waals surface area (Å²) in [6.45, 7) is 5.34. The van der Waals surface area contributed by atoms with Crippen molar-refractivity contribution in [1.29, 1.82) is 0 Å². The summed E-state index contributed by atoms with van der Waals surface area (Å²) in [7, 11) is 1.99. The van der Waals surface area contributed by atoms with E-state index in [1.807, 2.05) is 83.9 Å².